The van der Waals surface area contributed by atoms with Crippen LogP contribution >= 0.6 is 0 Å². The summed E-state index contributed by atoms with van der Waals surface area (Å²) >= 11 is 0. The van der Waals surface area contributed by atoms with E-state index in [1.807, 2.05) is 0 Å². The molecule has 5 unspecified atom stereocenters. The van der Waals surface area contributed by atoms with Gasteiger partial charge in [-0.15, -0.1) is 0 Å². The maximum atomic E-state index is 14.9. The number of unbranched alkanes of at least 4 members (excludes halogenated alkanes) is 4. The highest BCUT2D eigenvalue weighted by Gasteiger charge is 2.53. The van der Waals surface area contributed by atoms with Crippen LogP contribution in [0.3, 0.4) is 0 Å². The first kappa shape index (κ1) is 29.5. The summed E-state index contributed by atoms with van der Waals surface area (Å²) in [5.41, 5.74) is 7.73. The van der Waals surface area contributed by atoms with Crippen molar-refractivity contribution in [1.82, 2.24) is 25.8 Å². The second-order valence-corrected chi connectivity index (χ2v) is 13.1. The van der Waals surface area contributed by atoms with Crippen LogP contribution in [0.5, 0.6) is 0 Å². The second-order valence-electron chi connectivity index (χ2n) is 13.1. The summed E-state index contributed by atoms with van der Waals surface area (Å²) < 4.78 is 14.9. The molecule has 224 valence electrons. The fraction of sp³-hybridized carbons (Fsp3) is 0.806. The van der Waals surface area contributed by atoms with Crippen LogP contribution in [-0.4, -0.2) is 78.2 Å². The van der Waals surface area contributed by atoms with Crippen LogP contribution in [0.4, 0.5) is 4.39 Å². The summed E-state index contributed by atoms with van der Waals surface area (Å²) in [6, 6.07) is 0. The van der Waals surface area contributed by atoms with Crippen LogP contribution in [0.1, 0.15) is 91.4 Å². The molecule has 5 heterocycles. The van der Waals surface area contributed by atoms with E-state index in [4.69, 9.17) is 5.73 Å². The van der Waals surface area contributed by atoms with Gasteiger partial charge in [0.05, 0.1) is 19.4 Å². The van der Waals surface area contributed by atoms with Crippen LogP contribution in [0.2, 0.25) is 0 Å². The molecule has 5 N–H and O–H groups in total. The first-order valence-electron chi connectivity index (χ1n) is 16.0. The largest absolute Gasteiger partial charge is 0.383 e. The number of piperidine rings is 1. The fourth-order valence-electron chi connectivity index (χ4n) is 8.23. The average molecular weight is 558 g/mol. The van der Waals surface area contributed by atoms with Gasteiger partial charge in [-0.25, -0.2) is 4.39 Å². The number of nitrogens with one attached hydrogen (secondary N) is 3. The number of hydrogen-bond donors (Lipinski definition) is 4. The summed E-state index contributed by atoms with van der Waals surface area (Å²) in [7, 11) is 0. The minimum absolute atomic E-state index is 0.0223. The van der Waals surface area contributed by atoms with Gasteiger partial charge < -0.3 is 26.6 Å². The molecule has 0 aromatic rings. The van der Waals surface area contributed by atoms with E-state index in [0.29, 0.717) is 30.9 Å². The molecule has 5 rings (SSSR count). The molecule has 5 aliphatic heterocycles. The number of aliphatic imine (C=N–C) groups is 1. The molecule has 0 aromatic heterocycles. The maximum absolute atomic E-state index is 14.9. The third-order valence-electron chi connectivity index (χ3n) is 10.7. The minimum atomic E-state index is -0.218. The molecule has 0 radical (unpaired) electrons. The summed E-state index contributed by atoms with van der Waals surface area (Å²) in [5.74, 6) is 0.410. The van der Waals surface area contributed by atoms with E-state index < -0.39 is 0 Å². The minimum Gasteiger partial charge on any atom is -0.383 e. The molecule has 0 saturated carbocycles. The van der Waals surface area contributed by atoms with E-state index in [-0.39, 0.29) is 47.4 Å². The van der Waals surface area contributed by atoms with Crippen molar-refractivity contribution in [2.75, 3.05) is 39.4 Å². The van der Waals surface area contributed by atoms with Gasteiger partial charge in [-0.2, -0.15) is 0 Å². The van der Waals surface area contributed by atoms with E-state index in [0.717, 1.165) is 57.6 Å². The van der Waals surface area contributed by atoms with Crippen LogP contribution in [0.25, 0.3) is 0 Å². The molecular weight excluding hydrogens is 505 g/mol. The third kappa shape index (κ3) is 5.58. The Morgan fingerprint density at radius 3 is 2.85 bits per heavy atom. The fourth-order valence-corrected chi connectivity index (χ4v) is 8.23. The van der Waals surface area contributed by atoms with Gasteiger partial charge >= 0.3 is 0 Å². The topological polar surface area (TPSA) is 98.0 Å². The zero-order valence-corrected chi connectivity index (χ0v) is 25.0. The van der Waals surface area contributed by atoms with Crippen molar-refractivity contribution < 1.29 is 9.18 Å². The number of nitrogens with two attached hydrogens (primary N) is 1. The number of carbonyl (C=O) groups excluding carboxylic acids is 1. The second kappa shape index (κ2) is 12.5. The highest BCUT2D eigenvalue weighted by atomic mass is 19.1. The monoisotopic (exact) mass is 557 g/mol. The van der Waals surface area contributed by atoms with Crippen molar-refractivity contribution in [2.45, 2.75) is 109 Å². The number of amidine groups is 1. The molecule has 5 atom stereocenters. The van der Waals surface area contributed by atoms with E-state index in [1.165, 1.54) is 32.1 Å². The van der Waals surface area contributed by atoms with Crippen LogP contribution in [0, 0.1) is 11.8 Å². The first-order chi connectivity index (χ1) is 19.3. The van der Waals surface area contributed by atoms with E-state index in [9.17, 15) is 9.18 Å². The standard InChI is InChI=1S/C31H52FN7O/c1-4-5-6-7-8-14-31(15-10-16-34-20-31)39-21-35-18-25(39)37-29(40)26-27-24(12-17-36-28(26)33)22(2)30(3)13-9-11-23(32)19-38(27)30/h11,22,24-25,34-35H,4-10,12-21H2,1-3H3,(H2,33,36)(H,37,40). The zero-order chi connectivity index (χ0) is 28.3. The van der Waals surface area contributed by atoms with Crippen molar-refractivity contribution >= 4 is 11.7 Å². The van der Waals surface area contributed by atoms with Crippen molar-refractivity contribution in [2.24, 2.45) is 22.6 Å². The Hall–Kier alpha value is -1.97. The van der Waals surface area contributed by atoms with E-state index >= 15 is 0 Å². The average Bonchev–Trinajstić information content (AvgIpc) is 3.35. The number of carbonyl (C=O) groups is 1. The van der Waals surface area contributed by atoms with Crippen molar-refractivity contribution in [3.63, 3.8) is 0 Å². The molecule has 0 spiro atoms. The third-order valence-corrected chi connectivity index (χ3v) is 10.7. The highest BCUT2D eigenvalue weighted by molar-refractivity contribution is 6.21. The Bertz CT molecular complexity index is 1020. The molecule has 1 amide bonds. The number of rotatable bonds is 9. The Morgan fingerprint density at radius 2 is 2.08 bits per heavy atom. The smallest absolute Gasteiger partial charge is 0.258 e. The quantitative estimate of drug-likeness (QED) is 0.322. The van der Waals surface area contributed by atoms with Gasteiger partial charge in [-0.05, 0) is 57.9 Å². The molecule has 3 fully saturated rings. The lowest BCUT2D eigenvalue weighted by atomic mass is 9.78. The predicted octanol–water partition coefficient (Wildman–Crippen LogP) is 3.76. The Kier molecular flexibility index (Phi) is 9.22. The van der Waals surface area contributed by atoms with Crippen molar-refractivity contribution in [3.8, 4) is 0 Å². The lowest BCUT2D eigenvalue weighted by molar-refractivity contribution is -0.119. The first-order valence-corrected chi connectivity index (χ1v) is 16.0. The Morgan fingerprint density at radius 1 is 1.25 bits per heavy atom. The van der Waals surface area contributed by atoms with Crippen LogP contribution in [0.15, 0.2) is 28.2 Å². The molecule has 3 saturated heterocycles. The van der Waals surface area contributed by atoms with Gasteiger partial charge in [0.25, 0.3) is 5.91 Å². The number of halogens is 1. The molecule has 5 aliphatic rings. The lowest BCUT2D eigenvalue weighted by Crippen LogP contribution is -2.63. The lowest BCUT2D eigenvalue weighted by Gasteiger charge is -2.47. The Labute approximate surface area is 240 Å². The summed E-state index contributed by atoms with van der Waals surface area (Å²) in [4.78, 5) is 23.5. The molecule has 8 nitrogen and oxygen atoms in total. The number of fused-ring (bicyclic) bond motifs is 3. The summed E-state index contributed by atoms with van der Waals surface area (Å²) in [6.07, 6.45) is 13.7. The van der Waals surface area contributed by atoms with E-state index in [1.54, 1.807) is 6.08 Å². The molecule has 40 heavy (non-hydrogen) atoms. The highest BCUT2D eigenvalue weighted by Crippen LogP contribution is 2.52. The van der Waals surface area contributed by atoms with Crippen LogP contribution < -0.4 is 21.7 Å². The summed E-state index contributed by atoms with van der Waals surface area (Å²) in [6.45, 7) is 11.0. The van der Waals surface area contributed by atoms with Gasteiger partial charge in [0.2, 0.25) is 0 Å². The molecule has 0 aliphatic carbocycles. The molecule has 0 bridgehead atoms. The van der Waals surface area contributed by atoms with Gasteiger partial charge in [-0.3, -0.25) is 14.7 Å². The van der Waals surface area contributed by atoms with Crippen molar-refractivity contribution in [1.29, 1.82) is 0 Å². The van der Waals surface area contributed by atoms with Gasteiger partial charge in [0, 0.05) is 42.3 Å². The molecular formula is C31H52FN7O. The number of nitrogens with zero attached hydrogens (tertiary/aromatic N) is 3. The van der Waals surface area contributed by atoms with E-state index in [2.05, 4.69) is 51.5 Å². The summed E-state index contributed by atoms with van der Waals surface area (Å²) in [5, 5.41) is 10.6. The number of hydrogen-bond acceptors (Lipinski definition) is 7. The normalized spacial score (nSPS) is 35.0. The zero-order valence-electron chi connectivity index (χ0n) is 25.0. The number of amides is 1. The molecule has 9 heteroatoms. The van der Waals surface area contributed by atoms with Gasteiger partial charge in [-0.1, -0.05) is 52.0 Å². The predicted molar refractivity (Wildman–Crippen MR) is 159 cm³/mol. The molecule has 0 aromatic carbocycles. The van der Waals surface area contributed by atoms with Crippen molar-refractivity contribution in [3.05, 3.63) is 23.2 Å². The Balaban J connectivity index is 1.41. The number of allylic oxidation sites excluding steroid dienone is 2. The van der Waals surface area contributed by atoms with Crippen LogP contribution in [-0.2, 0) is 4.79 Å². The van der Waals surface area contributed by atoms with Gasteiger partial charge in [0.15, 0.2) is 0 Å². The SMILES string of the molecule is CCCCCCCC1(N2CNCC2NC(=O)C2=C3C(CCN=C2N)C(C)C2(C)CCC=C(F)CN32)CCCNC1. The van der Waals surface area contributed by atoms with Gasteiger partial charge in [0.1, 0.15) is 17.2 Å². The maximum Gasteiger partial charge on any atom is 0.258 e.